The zero-order chi connectivity index (χ0) is 27.8. The first-order chi connectivity index (χ1) is 17.6. The third kappa shape index (κ3) is 2.86. The van der Waals surface area contributed by atoms with Gasteiger partial charge in [0.2, 0.25) is 0 Å². The number of carboxylic acid groups (broad SMARTS) is 1. The summed E-state index contributed by atoms with van der Waals surface area (Å²) in [5.74, 6) is -0.184. The van der Waals surface area contributed by atoms with Gasteiger partial charge in [-0.2, -0.15) is 0 Å². The summed E-state index contributed by atoms with van der Waals surface area (Å²) >= 11 is 0. The van der Waals surface area contributed by atoms with Gasteiger partial charge >= 0.3 is 5.97 Å². The predicted molar refractivity (Wildman–Crippen MR) is 141 cm³/mol. The third-order valence-electron chi connectivity index (χ3n) is 14.8. The Hall–Kier alpha value is -0.730. The van der Waals surface area contributed by atoms with Crippen LogP contribution in [0.4, 0.5) is 0 Å². The van der Waals surface area contributed by atoms with Crippen LogP contribution in [0.15, 0.2) is 0 Å². The molecule has 0 bridgehead atoms. The van der Waals surface area contributed by atoms with Gasteiger partial charge in [0.25, 0.3) is 0 Å². The second-order valence-electron chi connectivity index (χ2n) is 15.6. The maximum atomic E-state index is 12.5. The molecule has 7 heteroatoms. The Morgan fingerprint density at radius 3 is 2.16 bits per heavy atom. The number of carbonyl (C=O) groups is 1. The van der Waals surface area contributed by atoms with Crippen LogP contribution in [0.2, 0.25) is 0 Å². The number of aliphatic hydroxyl groups is 4. The summed E-state index contributed by atoms with van der Waals surface area (Å²) in [6, 6.07) is 0. The van der Waals surface area contributed by atoms with Crippen LogP contribution in [0, 0.1) is 56.7 Å². The molecule has 2 spiro atoms. The van der Waals surface area contributed by atoms with Gasteiger partial charge in [-0.1, -0.05) is 34.6 Å². The van der Waals surface area contributed by atoms with Crippen LogP contribution in [0.3, 0.4) is 0 Å². The zero-order valence-electron chi connectivity index (χ0n) is 24.1. The third-order valence-corrected chi connectivity index (χ3v) is 14.8. The van der Waals surface area contributed by atoms with E-state index >= 15 is 0 Å². The van der Waals surface area contributed by atoms with Crippen molar-refractivity contribution in [2.45, 2.75) is 130 Å². The highest BCUT2D eigenvalue weighted by Crippen LogP contribution is 2.89. The largest absolute Gasteiger partial charge is 0.481 e. The quantitative estimate of drug-likeness (QED) is 0.369. The molecule has 0 radical (unpaired) electrons. The molecule has 6 rings (SSSR count). The highest BCUT2D eigenvalue weighted by atomic mass is 16.6. The van der Waals surface area contributed by atoms with Crippen molar-refractivity contribution >= 4 is 5.97 Å². The van der Waals surface area contributed by atoms with E-state index < -0.39 is 40.9 Å². The van der Waals surface area contributed by atoms with Crippen LogP contribution in [0.1, 0.15) is 99.3 Å². The molecule has 6 aliphatic rings. The van der Waals surface area contributed by atoms with Crippen LogP contribution >= 0.6 is 0 Å². The van der Waals surface area contributed by atoms with E-state index in [2.05, 4.69) is 20.8 Å². The van der Waals surface area contributed by atoms with E-state index in [9.17, 15) is 30.3 Å². The predicted octanol–water partition coefficient (Wildman–Crippen LogP) is 3.95. The van der Waals surface area contributed by atoms with Gasteiger partial charge in [-0.25, -0.2) is 0 Å². The highest BCUT2D eigenvalue weighted by Gasteiger charge is 2.85. The summed E-state index contributed by atoms with van der Waals surface area (Å²) in [5.41, 5.74) is -2.73. The van der Waals surface area contributed by atoms with Crippen molar-refractivity contribution in [3.8, 4) is 0 Å². The average Bonchev–Trinajstić information content (AvgIpc) is 3.33. The Morgan fingerprint density at radius 2 is 1.55 bits per heavy atom. The van der Waals surface area contributed by atoms with Crippen LogP contribution in [0.25, 0.3) is 0 Å². The SMILES string of the molecule is CC(C1CC(O)(C(C)C)C(O)O1)C1CCC2(C)C3CCC4C(C)(C(=O)O)C(O)CC(O)C45CC35CCC12C. The van der Waals surface area contributed by atoms with E-state index in [0.717, 1.165) is 44.9 Å². The van der Waals surface area contributed by atoms with Crippen LogP contribution < -0.4 is 0 Å². The Morgan fingerprint density at radius 1 is 0.895 bits per heavy atom. The van der Waals surface area contributed by atoms with Gasteiger partial charge in [-0.15, -0.1) is 0 Å². The number of aliphatic carboxylic acids is 1. The Kier molecular flexibility index (Phi) is 5.75. The molecule has 0 aromatic rings. The Balaban J connectivity index is 1.30. The number of ether oxygens (including phenoxy) is 1. The summed E-state index contributed by atoms with van der Waals surface area (Å²) in [4.78, 5) is 12.5. The standard InChI is InChI=1S/C31H50O7/c1-16(2)31(37)14-19(38-25(31)36)17(3)18-9-10-27(5)20-7-8-21-28(6,24(34)35)22(32)13-23(33)30(21)15-29(20,30)12-11-26(18,27)4/h16-23,25,32-33,36-37H,7-15H2,1-6H3,(H,34,35). The van der Waals surface area contributed by atoms with E-state index in [1.807, 2.05) is 13.8 Å². The minimum absolute atomic E-state index is 0.0451. The minimum Gasteiger partial charge on any atom is -0.481 e. The number of hydrogen-bond donors (Lipinski definition) is 5. The van der Waals surface area contributed by atoms with E-state index in [0.29, 0.717) is 18.3 Å². The van der Waals surface area contributed by atoms with Crippen molar-refractivity contribution in [2.24, 2.45) is 56.7 Å². The fraction of sp³-hybridized carbons (Fsp3) is 0.968. The average molecular weight is 535 g/mol. The molecular formula is C31H50O7. The normalized spacial score (nSPS) is 60.0. The molecule has 14 atom stereocenters. The molecule has 0 amide bonds. The lowest BCUT2D eigenvalue weighted by Gasteiger charge is -2.63. The molecule has 38 heavy (non-hydrogen) atoms. The number of carboxylic acids is 1. The molecule has 216 valence electrons. The summed E-state index contributed by atoms with van der Waals surface area (Å²) < 4.78 is 6.04. The Bertz CT molecular complexity index is 1020. The van der Waals surface area contributed by atoms with Gasteiger partial charge in [0, 0.05) is 18.3 Å². The first-order valence-corrected chi connectivity index (χ1v) is 15.2. The maximum absolute atomic E-state index is 12.5. The van der Waals surface area contributed by atoms with E-state index in [1.54, 1.807) is 6.92 Å². The lowest BCUT2D eigenvalue weighted by Crippen LogP contribution is -2.63. The van der Waals surface area contributed by atoms with Gasteiger partial charge in [0.1, 0.15) is 5.60 Å². The first-order valence-electron chi connectivity index (χ1n) is 15.2. The van der Waals surface area contributed by atoms with Gasteiger partial charge in [-0.05, 0) is 97.7 Å². The maximum Gasteiger partial charge on any atom is 0.312 e. The molecule has 5 saturated carbocycles. The topological polar surface area (TPSA) is 127 Å². The molecule has 7 nitrogen and oxygen atoms in total. The van der Waals surface area contributed by atoms with Crippen molar-refractivity contribution in [3.05, 3.63) is 0 Å². The molecule has 5 aliphatic carbocycles. The fourth-order valence-corrected chi connectivity index (χ4v) is 12.1. The van der Waals surface area contributed by atoms with Crippen molar-refractivity contribution in [1.29, 1.82) is 0 Å². The van der Waals surface area contributed by atoms with Crippen LogP contribution in [-0.2, 0) is 9.53 Å². The first kappa shape index (κ1) is 27.4. The summed E-state index contributed by atoms with van der Waals surface area (Å²) in [5, 5.41) is 54.4. The molecule has 0 aromatic carbocycles. The molecule has 6 fully saturated rings. The van der Waals surface area contributed by atoms with Gasteiger partial charge in [0.05, 0.1) is 23.7 Å². The lowest BCUT2D eigenvalue weighted by atomic mass is 9.41. The van der Waals surface area contributed by atoms with Gasteiger partial charge in [0.15, 0.2) is 6.29 Å². The molecule has 1 aliphatic heterocycles. The summed E-state index contributed by atoms with van der Waals surface area (Å²) in [7, 11) is 0. The molecule has 1 heterocycles. The van der Waals surface area contributed by atoms with E-state index in [1.165, 1.54) is 0 Å². The van der Waals surface area contributed by atoms with Crippen LogP contribution in [0.5, 0.6) is 0 Å². The van der Waals surface area contributed by atoms with Crippen molar-refractivity contribution in [2.75, 3.05) is 0 Å². The number of aliphatic hydroxyl groups excluding tert-OH is 3. The molecule has 14 unspecified atom stereocenters. The highest BCUT2D eigenvalue weighted by molar-refractivity contribution is 5.76. The number of fused-ring (bicyclic) bond motifs is 2. The molecule has 0 aromatic heterocycles. The fourth-order valence-electron chi connectivity index (χ4n) is 12.1. The second-order valence-corrected chi connectivity index (χ2v) is 15.6. The van der Waals surface area contributed by atoms with Gasteiger partial charge < -0.3 is 30.3 Å². The van der Waals surface area contributed by atoms with Gasteiger partial charge in [-0.3, -0.25) is 4.79 Å². The summed E-state index contributed by atoms with van der Waals surface area (Å²) in [6.07, 6.45) is 4.40. The van der Waals surface area contributed by atoms with Crippen LogP contribution in [-0.4, -0.2) is 61.7 Å². The van der Waals surface area contributed by atoms with E-state index in [4.69, 9.17) is 4.74 Å². The molecule has 1 saturated heterocycles. The van der Waals surface area contributed by atoms with Crippen molar-refractivity contribution in [1.82, 2.24) is 0 Å². The van der Waals surface area contributed by atoms with E-state index in [-0.39, 0.29) is 46.5 Å². The second kappa shape index (κ2) is 7.96. The lowest BCUT2D eigenvalue weighted by molar-refractivity contribution is -0.212. The number of rotatable bonds is 4. The van der Waals surface area contributed by atoms with Crippen molar-refractivity contribution < 1.29 is 35.1 Å². The Labute approximate surface area is 227 Å². The minimum atomic E-state index is -1.21. The zero-order valence-corrected chi connectivity index (χ0v) is 24.1. The number of hydrogen-bond acceptors (Lipinski definition) is 6. The molecular weight excluding hydrogens is 484 g/mol. The summed E-state index contributed by atoms with van der Waals surface area (Å²) in [6.45, 7) is 12.8. The monoisotopic (exact) mass is 534 g/mol. The molecule has 5 N–H and O–H groups in total. The van der Waals surface area contributed by atoms with Crippen molar-refractivity contribution in [3.63, 3.8) is 0 Å². The smallest absolute Gasteiger partial charge is 0.312 e.